The summed E-state index contributed by atoms with van der Waals surface area (Å²) in [6.45, 7) is 0.922. The van der Waals surface area contributed by atoms with Crippen LogP contribution in [0.3, 0.4) is 0 Å². The van der Waals surface area contributed by atoms with Crippen LogP contribution in [0.1, 0.15) is 23.3 Å². The SMILES string of the molecule is COc1cc(C2OCC3C(c4ccc(OC5OC(C(=O)O)C(O)C(O)C5O)c(OC)c4)OCC23)ccc1O. The monoisotopic (exact) mass is 534 g/mol. The molecular formula is C26H30O12. The molecule has 2 aromatic carbocycles. The number of methoxy groups -OCH3 is 2. The first-order chi connectivity index (χ1) is 18.2. The highest BCUT2D eigenvalue weighted by molar-refractivity contribution is 5.73. The molecule has 3 heterocycles. The first kappa shape index (κ1) is 26.5. The van der Waals surface area contributed by atoms with Crippen LogP contribution in [0, 0.1) is 11.8 Å². The van der Waals surface area contributed by atoms with Gasteiger partial charge >= 0.3 is 5.97 Å². The summed E-state index contributed by atoms with van der Waals surface area (Å²) in [7, 11) is 2.91. The molecule has 0 saturated carbocycles. The van der Waals surface area contributed by atoms with Gasteiger partial charge in [-0.1, -0.05) is 12.1 Å². The zero-order valence-corrected chi connectivity index (χ0v) is 20.7. The zero-order valence-electron chi connectivity index (χ0n) is 20.7. The van der Waals surface area contributed by atoms with Gasteiger partial charge in [0, 0.05) is 11.8 Å². The van der Waals surface area contributed by atoms with Gasteiger partial charge in [-0.25, -0.2) is 4.79 Å². The Morgan fingerprint density at radius 1 is 0.816 bits per heavy atom. The molecule has 5 rings (SSSR count). The van der Waals surface area contributed by atoms with Crippen molar-refractivity contribution in [2.24, 2.45) is 11.8 Å². The summed E-state index contributed by atoms with van der Waals surface area (Å²) in [6, 6.07) is 10.2. The molecule has 12 nitrogen and oxygen atoms in total. The molecule has 5 N–H and O–H groups in total. The Bertz CT molecular complexity index is 1170. The fourth-order valence-corrected chi connectivity index (χ4v) is 5.34. The number of aliphatic hydroxyl groups excluding tert-OH is 3. The van der Waals surface area contributed by atoms with Crippen molar-refractivity contribution in [3.05, 3.63) is 47.5 Å². The van der Waals surface area contributed by atoms with E-state index in [1.54, 1.807) is 36.4 Å². The van der Waals surface area contributed by atoms with Crippen molar-refractivity contribution in [1.82, 2.24) is 0 Å². The van der Waals surface area contributed by atoms with E-state index in [1.807, 2.05) is 0 Å². The molecule has 0 radical (unpaired) electrons. The van der Waals surface area contributed by atoms with E-state index in [2.05, 4.69) is 0 Å². The van der Waals surface area contributed by atoms with Crippen molar-refractivity contribution < 1.29 is 58.7 Å². The third kappa shape index (κ3) is 4.64. The van der Waals surface area contributed by atoms with Crippen LogP contribution in [0.15, 0.2) is 36.4 Å². The molecule has 0 spiro atoms. The number of carbonyl (C=O) groups is 1. The highest BCUT2D eigenvalue weighted by Crippen LogP contribution is 2.51. The van der Waals surface area contributed by atoms with Gasteiger partial charge in [0.2, 0.25) is 6.29 Å². The number of benzene rings is 2. The topological polar surface area (TPSA) is 174 Å². The highest BCUT2D eigenvalue weighted by Gasteiger charge is 2.49. The Balaban J connectivity index is 1.32. The van der Waals surface area contributed by atoms with Crippen LogP contribution >= 0.6 is 0 Å². The Morgan fingerprint density at radius 3 is 1.97 bits per heavy atom. The first-order valence-electron chi connectivity index (χ1n) is 12.1. The molecule has 12 heteroatoms. The van der Waals surface area contributed by atoms with Gasteiger partial charge in [0.15, 0.2) is 29.1 Å². The minimum atomic E-state index is -1.82. The summed E-state index contributed by atoms with van der Waals surface area (Å²) in [5.41, 5.74) is 1.69. The number of carboxylic acid groups (broad SMARTS) is 1. The van der Waals surface area contributed by atoms with Gasteiger partial charge in [-0.3, -0.25) is 0 Å². The Hall–Kier alpha value is -3.13. The molecule has 0 amide bonds. The number of aliphatic carboxylic acids is 1. The van der Waals surface area contributed by atoms with Gasteiger partial charge in [-0.2, -0.15) is 0 Å². The summed E-state index contributed by atoms with van der Waals surface area (Å²) >= 11 is 0. The maximum atomic E-state index is 11.4. The molecule has 9 unspecified atom stereocenters. The van der Waals surface area contributed by atoms with Crippen LogP contribution in [-0.4, -0.2) is 89.6 Å². The van der Waals surface area contributed by atoms with Gasteiger partial charge in [0.1, 0.15) is 18.3 Å². The number of carboxylic acids is 1. The summed E-state index contributed by atoms with van der Waals surface area (Å²) in [5.74, 6) is -0.549. The van der Waals surface area contributed by atoms with Crippen LogP contribution in [0.2, 0.25) is 0 Å². The molecule has 3 aliphatic heterocycles. The van der Waals surface area contributed by atoms with E-state index < -0.39 is 36.7 Å². The van der Waals surface area contributed by atoms with Crippen LogP contribution in [0.4, 0.5) is 0 Å². The first-order valence-corrected chi connectivity index (χ1v) is 12.1. The molecule has 38 heavy (non-hydrogen) atoms. The quantitative estimate of drug-likeness (QED) is 0.338. The number of rotatable bonds is 7. The smallest absolute Gasteiger partial charge is 0.335 e. The van der Waals surface area contributed by atoms with E-state index in [0.717, 1.165) is 11.1 Å². The minimum Gasteiger partial charge on any atom is -0.504 e. The van der Waals surface area contributed by atoms with Gasteiger partial charge in [-0.15, -0.1) is 0 Å². The molecule has 0 aliphatic carbocycles. The van der Waals surface area contributed by atoms with Gasteiger partial charge < -0.3 is 54.0 Å². The van der Waals surface area contributed by atoms with E-state index in [-0.39, 0.29) is 41.3 Å². The standard InChI is InChI=1S/C26H30O12/c1-33-17-7-11(3-5-15(17)27)22-13-9-36-23(14(13)10-35-22)12-4-6-16(18(8-12)34-2)37-26-21(30)19(28)20(29)24(38-26)25(31)32/h3-8,13-14,19-24,26-30H,9-10H2,1-2H3,(H,31,32). The highest BCUT2D eigenvalue weighted by atomic mass is 16.7. The number of hydrogen-bond acceptors (Lipinski definition) is 11. The van der Waals surface area contributed by atoms with Crippen molar-refractivity contribution in [2.75, 3.05) is 27.4 Å². The summed E-state index contributed by atoms with van der Waals surface area (Å²) < 4.78 is 33.9. The largest absolute Gasteiger partial charge is 0.504 e. The molecule has 3 fully saturated rings. The number of phenols is 1. The summed E-state index contributed by atoms with van der Waals surface area (Å²) in [6.07, 6.45) is -9.17. The average Bonchev–Trinajstić information content (AvgIpc) is 3.52. The number of aromatic hydroxyl groups is 1. The van der Waals surface area contributed by atoms with Crippen molar-refractivity contribution in [2.45, 2.75) is 42.9 Å². The van der Waals surface area contributed by atoms with Crippen molar-refractivity contribution in [3.8, 4) is 23.0 Å². The number of aliphatic hydroxyl groups is 3. The summed E-state index contributed by atoms with van der Waals surface area (Å²) in [5, 5.41) is 49.4. The molecule has 0 aromatic heterocycles. The minimum absolute atomic E-state index is 0.0488. The van der Waals surface area contributed by atoms with Crippen LogP contribution in [0.5, 0.6) is 23.0 Å². The fraction of sp³-hybridized carbons (Fsp3) is 0.500. The average molecular weight is 535 g/mol. The Kier molecular flexibility index (Phi) is 7.36. The second-order valence-corrected chi connectivity index (χ2v) is 9.53. The van der Waals surface area contributed by atoms with Crippen LogP contribution in [-0.2, 0) is 19.0 Å². The lowest BCUT2D eigenvalue weighted by atomic mass is 9.85. The van der Waals surface area contributed by atoms with Crippen molar-refractivity contribution in [3.63, 3.8) is 0 Å². The number of phenolic OH excluding ortho intramolecular Hbond substituents is 1. The van der Waals surface area contributed by atoms with Crippen molar-refractivity contribution in [1.29, 1.82) is 0 Å². The molecule has 3 aliphatic rings. The molecule has 0 bridgehead atoms. The molecule has 3 saturated heterocycles. The van der Waals surface area contributed by atoms with E-state index in [4.69, 9.17) is 28.4 Å². The van der Waals surface area contributed by atoms with Crippen LogP contribution in [0.25, 0.3) is 0 Å². The second kappa shape index (κ2) is 10.6. The zero-order chi connectivity index (χ0) is 27.1. The Labute approximate surface area is 217 Å². The molecule has 206 valence electrons. The van der Waals surface area contributed by atoms with E-state index in [9.17, 15) is 30.3 Å². The molecule has 9 atom stereocenters. The van der Waals surface area contributed by atoms with Crippen LogP contribution < -0.4 is 14.2 Å². The normalized spacial score (nSPS) is 34.5. The van der Waals surface area contributed by atoms with Gasteiger partial charge in [-0.05, 0) is 35.4 Å². The number of fused-ring (bicyclic) bond motifs is 1. The Morgan fingerprint density at radius 2 is 1.39 bits per heavy atom. The predicted octanol–water partition coefficient (Wildman–Crippen LogP) is 0.756. The lowest BCUT2D eigenvalue weighted by Gasteiger charge is -2.38. The molecule has 2 aromatic rings. The third-order valence-corrected chi connectivity index (χ3v) is 7.37. The lowest BCUT2D eigenvalue weighted by molar-refractivity contribution is -0.271. The lowest BCUT2D eigenvalue weighted by Crippen LogP contribution is -2.61. The third-order valence-electron chi connectivity index (χ3n) is 7.37. The fourth-order valence-electron chi connectivity index (χ4n) is 5.34. The predicted molar refractivity (Wildman–Crippen MR) is 127 cm³/mol. The maximum absolute atomic E-state index is 11.4. The van der Waals surface area contributed by atoms with E-state index in [1.165, 1.54) is 14.2 Å². The number of hydrogen-bond donors (Lipinski definition) is 5. The van der Waals surface area contributed by atoms with Crippen molar-refractivity contribution >= 4 is 5.97 Å². The summed E-state index contributed by atoms with van der Waals surface area (Å²) in [4.78, 5) is 11.4. The number of ether oxygens (including phenoxy) is 6. The van der Waals surface area contributed by atoms with E-state index >= 15 is 0 Å². The van der Waals surface area contributed by atoms with Gasteiger partial charge in [0.05, 0.1) is 39.6 Å². The molecular weight excluding hydrogens is 504 g/mol. The maximum Gasteiger partial charge on any atom is 0.335 e. The van der Waals surface area contributed by atoms with Gasteiger partial charge in [0.25, 0.3) is 0 Å². The second-order valence-electron chi connectivity index (χ2n) is 9.53. The van der Waals surface area contributed by atoms with E-state index in [0.29, 0.717) is 19.0 Å².